The Morgan fingerprint density at radius 1 is 1.19 bits per heavy atom. The molecule has 1 aliphatic rings. The van der Waals surface area contributed by atoms with Gasteiger partial charge in [0.2, 0.25) is 5.91 Å². The lowest BCUT2D eigenvalue weighted by Crippen LogP contribution is -2.62. The maximum absolute atomic E-state index is 11.1. The molecule has 0 saturated carbocycles. The van der Waals surface area contributed by atoms with Crippen molar-refractivity contribution in [3.05, 3.63) is 0 Å². The Balaban J connectivity index is 2.88. The van der Waals surface area contributed by atoms with E-state index in [1.54, 1.807) is 0 Å². The Bertz CT molecular complexity index is 248. The highest BCUT2D eigenvalue weighted by atomic mass is 16.7. The van der Waals surface area contributed by atoms with Crippen LogP contribution in [0.2, 0.25) is 0 Å². The van der Waals surface area contributed by atoms with Crippen molar-refractivity contribution in [3.8, 4) is 0 Å². The minimum atomic E-state index is -1.06. The molecule has 1 fully saturated rings. The van der Waals surface area contributed by atoms with Gasteiger partial charge in [-0.05, 0) is 0 Å². The van der Waals surface area contributed by atoms with Crippen LogP contribution in [-0.2, 0) is 23.7 Å². The molecule has 3 N–H and O–H groups in total. The second-order valence-corrected chi connectivity index (χ2v) is 3.45. The minimum Gasteiger partial charge on any atom is -0.387 e. The molecule has 0 aromatic carbocycles. The number of aliphatic hydroxyl groups excluding tert-OH is 1. The van der Waals surface area contributed by atoms with Gasteiger partial charge in [0.05, 0.1) is 0 Å². The number of carbonyl (C=O) groups is 1. The molecular weight excluding hydrogens is 218 g/mol. The topological polar surface area (TPSA) is 100 Å². The number of ether oxygens (including phenoxy) is 4. The molecule has 0 aromatic heterocycles. The number of carbonyl (C=O) groups excluding carboxylic acids is 1. The van der Waals surface area contributed by atoms with Crippen LogP contribution in [-0.4, -0.2) is 63.0 Å². The summed E-state index contributed by atoms with van der Waals surface area (Å²) in [6.45, 7) is 0. The van der Waals surface area contributed by atoms with E-state index in [4.69, 9.17) is 24.7 Å². The molecular formula is C9H17NO6. The van der Waals surface area contributed by atoms with E-state index in [1.807, 2.05) is 0 Å². The fraction of sp³-hybridized carbons (Fsp3) is 0.889. The van der Waals surface area contributed by atoms with Crippen molar-refractivity contribution in [1.82, 2.24) is 0 Å². The number of rotatable bonds is 4. The molecule has 1 heterocycles. The van der Waals surface area contributed by atoms with E-state index in [1.165, 1.54) is 21.3 Å². The van der Waals surface area contributed by atoms with Crippen LogP contribution < -0.4 is 5.73 Å². The lowest BCUT2D eigenvalue weighted by atomic mass is 9.98. The van der Waals surface area contributed by atoms with Crippen LogP contribution in [0.3, 0.4) is 0 Å². The molecule has 1 rings (SSSR count). The fourth-order valence-electron chi connectivity index (χ4n) is 1.76. The van der Waals surface area contributed by atoms with Gasteiger partial charge in [0.1, 0.15) is 18.3 Å². The minimum absolute atomic E-state index is 0.720. The van der Waals surface area contributed by atoms with E-state index >= 15 is 0 Å². The van der Waals surface area contributed by atoms with Crippen LogP contribution in [0.4, 0.5) is 0 Å². The average Bonchev–Trinajstić information content (AvgIpc) is 2.27. The van der Waals surface area contributed by atoms with Crippen molar-refractivity contribution in [1.29, 1.82) is 0 Å². The zero-order valence-corrected chi connectivity index (χ0v) is 9.45. The molecule has 0 unspecified atom stereocenters. The van der Waals surface area contributed by atoms with Gasteiger partial charge in [-0.25, -0.2) is 0 Å². The van der Waals surface area contributed by atoms with Crippen LogP contribution in [0.1, 0.15) is 0 Å². The Morgan fingerprint density at radius 2 is 1.75 bits per heavy atom. The smallest absolute Gasteiger partial charge is 0.249 e. The molecule has 1 aliphatic heterocycles. The SMILES string of the molecule is CO[C@H]1O[C@H](C(N)=O)[C@@H](OC)[C@H](O)[C@H]1OC. The van der Waals surface area contributed by atoms with Crippen LogP contribution >= 0.6 is 0 Å². The second kappa shape index (κ2) is 5.55. The Hall–Kier alpha value is -0.730. The number of amides is 1. The maximum Gasteiger partial charge on any atom is 0.249 e. The van der Waals surface area contributed by atoms with Crippen molar-refractivity contribution < 1.29 is 28.8 Å². The van der Waals surface area contributed by atoms with Gasteiger partial charge in [-0.15, -0.1) is 0 Å². The van der Waals surface area contributed by atoms with Crippen molar-refractivity contribution >= 4 is 5.91 Å². The van der Waals surface area contributed by atoms with Gasteiger partial charge in [-0.2, -0.15) is 0 Å². The molecule has 1 saturated heterocycles. The van der Waals surface area contributed by atoms with E-state index in [-0.39, 0.29) is 0 Å². The number of hydrogen-bond donors (Lipinski definition) is 2. The summed E-state index contributed by atoms with van der Waals surface area (Å²) in [5, 5.41) is 9.93. The summed E-state index contributed by atoms with van der Waals surface area (Å²) in [5.74, 6) is -0.720. The Morgan fingerprint density at radius 3 is 2.12 bits per heavy atom. The Kier molecular flexibility index (Phi) is 4.63. The first-order chi connectivity index (χ1) is 7.56. The number of hydrogen-bond acceptors (Lipinski definition) is 6. The van der Waals surface area contributed by atoms with Gasteiger partial charge in [0, 0.05) is 21.3 Å². The number of methoxy groups -OCH3 is 3. The molecule has 94 valence electrons. The van der Waals surface area contributed by atoms with E-state index in [2.05, 4.69) is 0 Å². The molecule has 7 nitrogen and oxygen atoms in total. The van der Waals surface area contributed by atoms with Crippen LogP contribution in [0.5, 0.6) is 0 Å². The second-order valence-electron chi connectivity index (χ2n) is 3.45. The summed E-state index contributed by atoms with van der Waals surface area (Å²) < 4.78 is 20.3. The van der Waals surface area contributed by atoms with Crippen molar-refractivity contribution in [2.24, 2.45) is 5.73 Å². The van der Waals surface area contributed by atoms with Crippen LogP contribution in [0.25, 0.3) is 0 Å². The third-order valence-electron chi connectivity index (χ3n) is 2.58. The molecule has 0 radical (unpaired) electrons. The highest BCUT2D eigenvalue weighted by Crippen LogP contribution is 2.25. The van der Waals surface area contributed by atoms with Gasteiger partial charge in [0.25, 0.3) is 0 Å². The van der Waals surface area contributed by atoms with E-state index in [0.29, 0.717) is 0 Å². The molecule has 0 aliphatic carbocycles. The quantitative estimate of drug-likeness (QED) is 0.598. The van der Waals surface area contributed by atoms with E-state index < -0.39 is 36.6 Å². The fourth-order valence-corrected chi connectivity index (χ4v) is 1.76. The van der Waals surface area contributed by atoms with Crippen LogP contribution in [0.15, 0.2) is 0 Å². The maximum atomic E-state index is 11.1. The zero-order valence-electron chi connectivity index (χ0n) is 9.45. The Labute approximate surface area is 93.4 Å². The molecule has 0 aromatic rings. The van der Waals surface area contributed by atoms with Crippen molar-refractivity contribution in [3.63, 3.8) is 0 Å². The zero-order chi connectivity index (χ0) is 12.3. The predicted molar refractivity (Wildman–Crippen MR) is 52.5 cm³/mol. The monoisotopic (exact) mass is 235 g/mol. The number of aliphatic hydroxyl groups is 1. The average molecular weight is 235 g/mol. The first-order valence-electron chi connectivity index (χ1n) is 4.78. The molecule has 0 bridgehead atoms. The molecule has 0 spiro atoms. The van der Waals surface area contributed by atoms with Gasteiger partial charge >= 0.3 is 0 Å². The summed E-state index contributed by atoms with van der Waals surface area (Å²) in [6, 6.07) is 0. The summed E-state index contributed by atoms with van der Waals surface area (Å²) in [6.07, 6.45) is -4.56. The molecule has 16 heavy (non-hydrogen) atoms. The number of nitrogens with two attached hydrogens (primary N) is 1. The summed E-state index contributed by atoms with van der Waals surface area (Å²) in [4.78, 5) is 11.1. The van der Waals surface area contributed by atoms with Crippen molar-refractivity contribution in [2.75, 3.05) is 21.3 Å². The van der Waals surface area contributed by atoms with Gasteiger partial charge < -0.3 is 29.8 Å². The molecule has 5 atom stereocenters. The highest BCUT2D eigenvalue weighted by Gasteiger charge is 2.48. The van der Waals surface area contributed by atoms with Gasteiger partial charge in [0.15, 0.2) is 12.4 Å². The molecule has 1 amide bonds. The number of primary amides is 1. The third-order valence-corrected chi connectivity index (χ3v) is 2.58. The van der Waals surface area contributed by atoms with Gasteiger partial charge in [-0.3, -0.25) is 4.79 Å². The van der Waals surface area contributed by atoms with Crippen molar-refractivity contribution in [2.45, 2.75) is 30.7 Å². The normalized spacial score (nSPS) is 39.6. The lowest BCUT2D eigenvalue weighted by Gasteiger charge is -2.41. The van der Waals surface area contributed by atoms with E-state index in [0.717, 1.165) is 0 Å². The first-order valence-corrected chi connectivity index (χ1v) is 4.78. The highest BCUT2D eigenvalue weighted by molar-refractivity contribution is 5.79. The van der Waals surface area contributed by atoms with Crippen LogP contribution in [0, 0.1) is 0 Å². The van der Waals surface area contributed by atoms with Gasteiger partial charge in [-0.1, -0.05) is 0 Å². The van der Waals surface area contributed by atoms with E-state index in [9.17, 15) is 9.90 Å². The summed E-state index contributed by atoms with van der Waals surface area (Å²) >= 11 is 0. The predicted octanol–water partition coefficient (Wildman–Crippen LogP) is -1.77. The molecule has 7 heteroatoms. The third kappa shape index (κ3) is 2.33. The standard InChI is InChI=1S/C9H17NO6/c1-13-5-4(11)6(14-2)9(15-3)16-7(5)8(10)12/h4-7,9,11H,1-3H3,(H2,10,12)/t4-,5-,6+,7-,9-/m0/s1. The summed E-state index contributed by atoms with van der Waals surface area (Å²) in [5.41, 5.74) is 5.15. The largest absolute Gasteiger partial charge is 0.387 e. The summed E-state index contributed by atoms with van der Waals surface area (Å²) in [7, 11) is 4.14. The lowest BCUT2D eigenvalue weighted by molar-refractivity contribution is -0.291. The first kappa shape index (κ1) is 13.3.